The third-order valence-electron chi connectivity index (χ3n) is 6.45. The van der Waals surface area contributed by atoms with Crippen molar-refractivity contribution < 1.29 is 27.5 Å². The van der Waals surface area contributed by atoms with E-state index in [2.05, 4.69) is 4.72 Å². The highest BCUT2D eigenvalue weighted by Gasteiger charge is 2.65. The van der Waals surface area contributed by atoms with E-state index in [1.165, 1.54) is 19.1 Å². The van der Waals surface area contributed by atoms with Crippen molar-refractivity contribution in [2.75, 3.05) is 0 Å². The average Bonchev–Trinajstić information content (AvgIpc) is 3.21. The summed E-state index contributed by atoms with van der Waals surface area (Å²) in [5, 5.41) is 0. The molecule has 0 saturated carbocycles. The van der Waals surface area contributed by atoms with E-state index in [0.29, 0.717) is 11.1 Å². The second-order valence-electron chi connectivity index (χ2n) is 10.7. The Bertz CT molecular complexity index is 1500. The van der Waals surface area contributed by atoms with Gasteiger partial charge in [0.2, 0.25) is 15.9 Å². The van der Waals surface area contributed by atoms with Gasteiger partial charge in [-0.15, -0.1) is 0 Å². The van der Waals surface area contributed by atoms with Crippen LogP contribution in [0.25, 0.3) is 0 Å². The summed E-state index contributed by atoms with van der Waals surface area (Å²) in [5.41, 5.74) is -3.20. The third-order valence-corrected chi connectivity index (χ3v) is 8.02. The summed E-state index contributed by atoms with van der Waals surface area (Å²) in [6.45, 7) is 8.15. The van der Waals surface area contributed by atoms with Gasteiger partial charge in [-0.3, -0.25) is 0 Å². The molecule has 0 amide bonds. The number of hydrogen-bond donors (Lipinski definition) is 1. The molecule has 3 aromatic rings. The van der Waals surface area contributed by atoms with E-state index in [0.717, 1.165) is 5.56 Å². The predicted octanol–water partition coefficient (Wildman–Crippen LogP) is 4.36. The quantitative estimate of drug-likeness (QED) is 0.419. The summed E-state index contributed by atoms with van der Waals surface area (Å²) in [6, 6.07) is 23.8. The minimum Gasteiger partial charge on any atom is -0.458 e. The first-order chi connectivity index (χ1) is 18.3. The smallest absolute Gasteiger partial charge is 0.343 e. The molecule has 0 saturated heterocycles. The fraction of sp³-hybridized carbons (Fsp3) is 0.300. The zero-order chi connectivity index (χ0) is 28.5. The summed E-state index contributed by atoms with van der Waals surface area (Å²) < 4.78 is 41.4. The normalized spacial score (nSPS) is 19.1. The number of aryl methyl sites for hydroxylation is 1. The largest absolute Gasteiger partial charge is 0.458 e. The van der Waals surface area contributed by atoms with Crippen LogP contribution in [0, 0.1) is 6.92 Å². The van der Waals surface area contributed by atoms with Crippen LogP contribution in [-0.2, 0) is 35.5 Å². The van der Waals surface area contributed by atoms with Crippen LogP contribution in [0.4, 0.5) is 0 Å². The van der Waals surface area contributed by atoms with Crippen molar-refractivity contribution in [1.29, 1.82) is 0 Å². The van der Waals surface area contributed by atoms with Crippen LogP contribution in [0.2, 0.25) is 0 Å². The molecular formula is C30H32N2O6S. The maximum atomic E-state index is 14.0. The second kappa shape index (κ2) is 10.4. The van der Waals surface area contributed by atoms with Crippen LogP contribution in [0.3, 0.4) is 0 Å². The van der Waals surface area contributed by atoms with Crippen molar-refractivity contribution in [3.05, 3.63) is 102 Å². The van der Waals surface area contributed by atoms with Crippen LogP contribution < -0.4 is 4.72 Å². The number of ether oxygens (including phenoxy) is 2. The molecule has 1 aliphatic rings. The first kappa shape index (κ1) is 28.2. The van der Waals surface area contributed by atoms with E-state index < -0.39 is 38.6 Å². The summed E-state index contributed by atoms with van der Waals surface area (Å²) in [7, 11) is -4.34. The molecule has 8 nitrogen and oxygen atoms in total. The van der Waals surface area contributed by atoms with Gasteiger partial charge in [0.25, 0.3) is 0 Å². The minimum absolute atomic E-state index is 0.0131. The fourth-order valence-electron chi connectivity index (χ4n) is 4.33. The number of nitrogens with one attached hydrogen (secondary N) is 1. The van der Waals surface area contributed by atoms with Gasteiger partial charge in [0, 0.05) is 12.0 Å². The first-order valence-electron chi connectivity index (χ1n) is 12.5. The summed E-state index contributed by atoms with van der Waals surface area (Å²) in [5.74, 6) is -1.84. The maximum absolute atomic E-state index is 14.0. The monoisotopic (exact) mass is 548 g/mol. The van der Waals surface area contributed by atoms with Gasteiger partial charge in [0.1, 0.15) is 5.60 Å². The third kappa shape index (κ3) is 5.79. The average molecular weight is 549 g/mol. The van der Waals surface area contributed by atoms with Crippen molar-refractivity contribution in [2.24, 2.45) is 4.99 Å². The molecule has 39 heavy (non-hydrogen) atoms. The molecule has 9 heteroatoms. The van der Waals surface area contributed by atoms with Crippen molar-refractivity contribution in [3.63, 3.8) is 0 Å². The lowest BCUT2D eigenvalue weighted by atomic mass is 9.74. The fourth-order valence-corrected chi connectivity index (χ4v) is 5.74. The van der Waals surface area contributed by atoms with E-state index >= 15 is 0 Å². The van der Waals surface area contributed by atoms with Crippen LogP contribution >= 0.6 is 0 Å². The highest BCUT2D eigenvalue weighted by molar-refractivity contribution is 7.89. The zero-order valence-corrected chi connectivity index (χ0v) is 23.4. The molecule has 0 radical (unpaired) electrons. The molecule has 3 aromatic carbocycles. The first-order valence-corrected chi connectivity index (χ1v) is 14.0. The molecule has 1 heterocycles. The maximum Gasteiger partial charge on any atom is 0.343 e. The predicted molar refractivity (Wildman–Crippen MR) is 148 cm³/mol. The van der Waals surface area contributed by atoms with Crippen molar-refractivity contribution in [1.82, 2.24) is 4.72 Å². The molecule has 204 valence electrons. The Labute approximate surface area is 229 Å². The highest BCUT2D eigenvalue weighted by Crippen LogP contribution is 2.40. The van der Waals surface area contributed by atoms with Crippen molar-refractivity contribution in [2.45, 2.75) is 62.6 Å². The van der Waals surface area contributed by atoms with Gasteiger partial charge in [0.05, 0.1) is 4.90 Å². The Balaban J connectivity index is 1.95. The van der Waals surface area contributed by atoms with Gasteiger partial charge in [-0.25, -0.2) is 23.0 Å². The Morgan fingerprint density at radius 3 is 2.05 bits per heavy atom. The number of nitrogens with zero attached hydrogens (tertiary/aromatic N) is 1. The van der Waals surface area contributed by atoms with Gasteiger partial charge in [-0.2, -0.15) is 4.72 Å². The summed E-state index contributed by atoms with van der Waals surface area (Å²) in [4.78, 5) is 32.5. The number of sulfonamides is 1. The SMILES string of the molecule is Cc1ccc(S(=O)(=O)NC(C)(C(=O)OC(C)(C)C)C2(Cc3ccccc3)N=C(c3ccccc3)OC2=O)cc1. The molecule has 0 bridgehead atoms. The lowest BCUT2D eigenvalue weighted by Gasteiger charge is -2.40. The summed E-state index contributed by atoms with van der Waals surface area (Å²) in [6.07, 6.45) is -0.130. The van der Waals surface area contributed by atoms with Gasteiger partial charge in [-0.1, -0.05) is 66.2 Å². The Hall–Kier alpha value is -3.82. The van der Waals surface area contributed by atoms with E-state index in [1.807, 2.05) is 13.0 Å². The Morgan fingerprint density at radius 1 is 0.923 bits per heavy atom. The number of cyclic esters (lactones) is 1. The standard InChI is InChI=1S/C30H32N2O6S/c1-21-16-18-24(19-17-21)39(35,36)32-29(5,26(33)38-28(2,3)4)30(20-22-12-8-6-9-13-22)27(34)37-25(31-30)23-14-10-7-11-15-23/h6-19,32H,20H2,1-5H3. The molecular weight excluding hydrogens is 516 g/mol. The zero-order valence-electron chi connectivity index (χ0n) is 22.6. The number of rotatable bonds is 8. The van der Waals surface area contributed by atoms with E-state index in [-0.39, 0.29) is 17.2 Å². The van der Waals surface area contributed by atoms with E-state index in [9.17, 15) is 18.0 Å². The van der Waals surface area contributed by atoms with Gasteiger partial charge in [0.15, 0.2) is 11.1 Å². The Morgan fingerprint density at radius 2 is 1.49 bits per heavy atom. The molecule has 0 aliphatic carbocycles. The number of aliphatic imine (C=N–C) groups is 1. The van der Waals surface area contributed by atoms with Crippen molar-refractivity contribution in [3.8, 4) is 0 Å². The van der Waals surface area contributed by atoms with Gasteiger partial charge in [-0.05, 0) is 64.4 Å². The lowest BCUT2D eigenvalue weighted by Crippen LogP contribution is -2.70. The molecule has 0 spiro atoms. The molecule has 2 unspecified atom stereocenters. The minimum atomic E-state index is -4.34. The molecule has 1 N–H and O–H groups in total. The molecule has 0 aromatic heterocycles. The van der Waals surface area contributed by atoms with Crippen LogP contribution in [0.5, 0.6) is 0 Å². The number of benzene rings is 3. The number of hydrogen-bond acceptors (Lipinski definition) is 7. The molecule has 4 rings (SSSR count). The van der Waals surface area contributed by atoms with E-state index in [1.54, 1.807) is 87.5 Å². The van der Waals surface area contributed by atoms with Crippen LogP contribution in [-0.4, -0.2) is 42.9 Å². The molecule has 0 fully saturated rings. The van der Waals surface area contributed by atoms with Crippen LogP contribution in [0.1, 0.15) is 44.4 Å². The Kier molecular flexibility index (Phi) is 7.51. The van der Waals surface area contributed by atoms with Gasteiger partial charge >= 0.3 is 11.9 Å². The van der Waals surface area contributed by atoms with Crippen molar-refractivity contribution >= 4 is 27.9 Å². The molecule has 2 atom stereocenters. The number of esters is 2. The van der Waals surface area contributed by atoms with Gasteiger partial charge < -0.3 is 9.47 Å². The second-order valence-corrected chi connectivity index (χ2v) is 12.4. The molecule has 1 aliphatic heterocycles. The lowest BCUT2D eigenvalue weighted by molar-refractivity contribution is -0.168. The summed E-state index contributed by atoms with van der Waals surface area (Å²) >= 11 is 0. The van der Waals surface area contributed by atoms with Crippen LogP contribution in [0.15, 0.2) is 94.8 Å². The topological polar surface area (TPSA) is 111 Å². The highest BCUT2D eigenvalue weighted by atomic mass is 32.2. The number of carbonyl (C=O) groups is 2. The van der Waals surface area contributed by atoms with E-state index in [4.69, 9.17) is 14.5 Å². The number of carbonyl (C=O) groups excluding carboxylic acids is 2.